The van der Waals surface area contributed by atoms with E-state index in [0.29, 0.717) is 10.7 Å². The number of hydrogen-bond acceptors (Lipinski definition) is 2. The molecular weight excluding hydrogens is 298 g/mol. The van der Waals surface area contributed by atoms with E-state index in [2.05, 4.69) is 10.3 Å². The molecule has 1 aromatic carbocycles. The monoisotopic (exact) mass is 319 g/mol. The third-order valence-corrected chi connectivity index (χ3v) is 4.70. The first-order valence-electron chi connectivity index (χ1n) is 7.98. The summed E-state index contributed by atoms with van der Waals surface area (Å²) in [7, 11) is 0. The van der Waals surface area contributed by atoms with E-state index >= 15 is 0 Å². The standard InChI is InChI=1S/C17H22ClN3O/c18-12-7-8-14-11(9-12)10-16(20-14)17(22)21-15-6-4-2-1-3-5-13(15)19/h7-10,13,15,20H,1-6,19H2,(H,21,22). The second-order valence-electron chi connectivity index (χ2n) is 6.15. The average molecular weight is 320 g/mol. The van der Waals surface area contributed by atoms with Crippen LogP contribution in [-0.2, 0) is 0 Å². The molecule has 1 amide bonds. The van der Waals surface area contributed by atoms with Gasteiger partial charge in [0.25, 0.3) is 5.91 Å². The minimum absolute atomic E-state index is 0.0445. The van der Waals surface area contributed by atoms with Crippen molar-refractivity contribution in [2.45, 2.75) is 50.6 Å². The van der Waals surface area contributed by atoms with Crippen LogP contribution in [0.4, 0.5) is 0 Å². The SMILES string of the molecule is NC1CCCCCCC1NC(=O)c1cc2cc(Cl)ccc2[nH]1. The van der Waals surface area contributed by atoms with Crippen LogP contribution >= 0.6 is 11.6 Å². The van der Waals surface area contributed by atoms with Crippen LogP contribution in [0.3, 0.4) is 0 Å². The normalized spacial score (nSPS) is 23.0. The van der Waals surface area contributed by atoms with Gasteiger partial charge in [-0.05, 0) is 37.1 Å². The quantitative estimate of drug-likeness (QED) is 0.791. The minimum Gasteiger partial charge on any atom is -0.351 e. The minimum atomic E-state index is -0.0895. The zero-order valence-electron chi connectivity index (χ0n) is 12.6. The topological polar surface area (TPSA) is 70.9 Å². The molecule has 4 N–H and O–H groups in total. The number of benzene rings is 1. The van der Waals surface area contributed by atoms with Crippen LogP contribution in [0.5, 0.6) is 0 Å². The number of hydrogen-bond donors (Lipinski definition) is 3. The Morgan fingerprint density at radius 3 is 2.77 bits per heavy atom. The lowest BCUT2D eigenvalue weighted by atomic mass is 9.93. The number of halogens is 1. The number of rotatable bonds is 2. The summed E-state index contributed by atoms with van der Waals surface area (Å²) in [5.41, 5.74) is 7.70. The molecule has 1 aliphatic carbocycles. The summed E-state index contributed by atoms with van der Waals surface area (Å²) in [6.45, 7) is 0. The molecule has 0 spiro atoms. The molecule has 4 nitrogen and oxygen atoms in total. The van der Waals surface area contributed by atoms with Gasteiger partial charge in [-0.25, -0.2) is 0 Å². The lowest BCUT2D eigenvalue weighted by Crippen LogP contribution is -2.48. The highest BCUT2D eigenvalue weighted by molar-refractivity contribution is 6.31. The van der Waals surface area contributed by atoms with Crippen LogP contribution in [0, 0.1) is 0 Å². The van der Waals surface area contributed by atoms with Crippen molar-refractivity contribution >= 4 is 28.4 Å². The van der Waals surface area contributed by atoms with E-state index in [0.717, 1.165) is 36.6 Å². The average Bonchev–Trinajstić information content (AvgIpc) is 2.90. The van der Waals surface area contributed by atoms with Gasteiger partial charge in [0.15, 0.2) is 0 Å². The van der Waals surface area contributed by atoms with E-state index in [1.54, 1.807) is 0 Å². The first-order valence-corrected chi connectivity index (χ1v) is 8.36. The summed E-state index contributed by atoms with van der Waals surface area (Å²) in [5, 5.41) is 4.71. The second-order valence-corrected chi connectivity index (χ2v) is 6.59. The predicted octanol–water partition coefficient (Wildman–Crippen LogP) is 3.60. The third kappa shape index (κ3) is 3.45. The molecule has 0 saturated heterocycles. The Morgan fingerprint density at radius 2 is 1.95 bits per heavy atom. The Kier molecular flexibility index (Phi) is 4.69. The molecule has 3 rings (SSSR count). The number of aromatic nitrogens is 1. The Bertz CT molecular complexity index is 667. The van der Waals surface area contributed by atoms with Crippen molar-refractivity contribution < 1.29 is 4.79 Å². The molecule has 2 aromatic rings. The van der Waals surface area contributed by atoms with Crippen molar-refractivity contribution in [2.24, 2.45) is 5.73 Å². The third-order valence-electron chi connectivity index (χ3n) is 4.46. The van der Waals surface area contributed by atoms with Crippen molar-refractivity contribution in [3.8, 4) is 0 Å². The lowest BCUT2D eigenvalue weighted by Gasteiger charge is -2.27. The first-order chi connectivity index (χ1) is 10.6. The Balaban J connectivity index is 1.74. The van der Waals surface area contributed by atoms with Crippen molar-refractivity contribution in [2.75, 3.05) is 0 Å². The number of carbonyl (C=O) groups is 1. The van der Waals surface area contributed by atoms with Gasteiger partial charge in [-0.2, -0.15) is 0 Å². The van der Waals surface area contributed by atoms with Crippen LogP contribution in [0.1, 0.15) is 49.0 Å². The Hall–Kier alpha value is -1.52. The van der Waals surface area contributed by atoms with Gasteiger partial charge in [-0.1, -0.05) is 37.3 Å². The van der Waals surface area contributed by atoms with E-state index in [9.17, 15) is 4.79 Å². The van der Waals surface area contributed by atoms with Gasteiger partial charge >= 0.3 is 0 Å². The largest absolute Gasteiger partial charge is 0.351 e. The summed E-state index contributed by atoms with van der Waals surface area (Å²) in [4.78, 5) is 15.6. The number of aromatic amines is 1. The fourth-order valence-electron chi connectivity index (χ4n) is 3.16. The van der Waals surface area contributed by atoms with Gasteiger partial charge in [-0.15, -0.1) is 0 Å². The molecule has 2 unspecified atom stereocenters. The molecule has 118 valence electrons. The maximum atomic E-state index is 12.5. The summed E-state index contributed by atoms with van der Waals surface area (Å²) < 4.78 is 0. The molecule has 1 heterocycles. The fraction of sp³-hybridized carbons (Fsp3) is 0.471. The summed E-state index contributed by atoms with van der Waals surface area (Å²) in [6, 6.07) is 7.49. The Labute approximate surface area is 135 Å². The van der Waals surface area contributed by atoms with Gasteiger partial charge in [0.2, 0.25) is 0 Å². The zero-order chi connectivity index (χ0) is 15.5. The van der Waals surface area contributed by atoms with Gasteiger partial charge in [0.05, 0.1) is 0 Å². The molecule has 5 heteroatoms. The number of nitrogens with two attached hydrogens (primary N) is 1. The van der Waals surface area contributed by atoms with Crippen molar-refractivity contribution in [1.82, 2.24) is 10.3 Å². The number of H-pyrrole nitrogens is 1. The Morgan fingerprint density at radius 1 is 1.18 bits per heavy atom. The molecular formula is C17H22ClN3O. The van der Waals surface area contributed by atoms with Gasteiger partial charge in [0.1, 0.15) is 5.69 Å². The highest BCUT2D eigenvalue weighted by Crippen LogP contribution is 2.21. The van der Waals surface area contributed by atoms with Gasteiger partial charge in [-0.3, -0.25) is 4.79 Å². The summed E-state index contributed by atoms with van der Waals surface area (Å²) in [6.07, 6.45) is 6.69. The number of carbonyl (C=O) groups excluding carboxylic acids is 1. The highest BCUT2D eigenvalue weighted by Gasteiger charge is 2.22. The summed E-state index contributed by atoms with van der Waals surface area (Å²) in [5.74, 6) is -0.0895. The first kappa shape index (κ1) is 15.4. The van der Waals surface area contributed by atoms with Crippen LogP contribution in [0.25, 0.3) is 10.9 Å². The van der Waals surface area contributed by atoms with E-state index < -0.39 is 0 Å². The van der Waals surface area contributed by atoms with Crippen LogP contribution in [0.2, 0.25) is 5.02 Å². The van der Waals surface area contributed by atoms with Gasteiger partial charge in [0, 0.05) is 28.0 Å². The molecule has 1 fully saturated rings. The molecule has 22 heavy (non-hydrogen) atoms. The number of nitrogens with one attached hydrogen (secondary N) is 2. The molecule has 1 aliphatic rings. The fourth-order valence-corrected chi connectivity index (χ4v) is 3.34. The van der Waals surface area contributed by atoms with Gasteiger partial charge < -0.3 is 16.0 Å². The van der Waals surface area contributed by atoms with Crippen molar-refractivity contribution in [1.29, 1.82) is 0 Å². The maximum Gasteiger partial charge on any atom is 0.268 e. The smallest absolute Gasteiger partial charge is 0.268 e. The molecule has 2 atom stereocenters. The van der Waals surface area contributed by atoms with E-state index in [4.69, 9.17) is 17.3 Å². The number of amides is 1. The van der Waals surface area contributed by atoms with Crippen molar-refractivity contribution in [3.63, 3.8) is 0 Å². The van der Waals surface area contributed by atoms with E-state index in [-0.39, 0.29) is 18.0 Å². The van der Waals surface area contributed by atoms with Crippen molar-refractivity contribution in [3.05, 3.63) is 35.0 Å². The molecule has 0 bridgehead atoms. The van der Waals surface area contributed by atoms with E-state index in [1.165, 1.54) is 12.8 Å². The molecule has 0 radical (unpaired) electrons. The summed E-state index contributed by atoms with van der Waals surface area (Å²) >= 11 is 5.98. The van der Waals surface area contributed by atoms with Crippen LogP contribution in [-0.4, -0.2) is 23.0 Å². The van der Waals surface area contributed by atoms with Crippen LogP contribution in [0.15, 0.2) is 24.3 Å². The molecule has 1 saturated carbocycles. The van der Waals surface area contributed by atoms with Crippen LogP contribution < -0.4 is 11.1 Å². The highest BCUT2D eigenvalue weighted by atomic mass is 35.5. The van der Waals surface area contributed by atoms with E-state index in [1.807, 2.05) is 24.3 Å². The second kappa shape index (κ2) is 6.71. The molecule has 1 aromatic heterocycles. The predicted molar refractivity (Wildman–Crippen MR) is 90.2 cm³/mol. The maximum absolute atomic E-state index is 12.5. The zero-order valence-corrected chi connectivity index (χ0v) is 13.3. The lowest BCUT2D eigenvalue weighted by molar-refractivity contribution is 0.0920. The molecule has 0 aliphatic heterocycles. The number of fused-ring (bicyclic) bond motifs is 1.